The first-order chi connectivity index (χ1) is 14.5. The van der Waals surface area contributed by atoms with Crippen LogP contribution < -0.4 is 0 Å². The number of non-ortho nitro benzene ring substituents is 1. The highest BCUT2D eigenvalue weighted by molar-refractivity contribution is 6.00. The molecule has 0 spiro atoms. The largest absolute Gasteiger partial charge is 0.378 e. The maximum Gasteiger partial charge on any atom is 0.269 e. The van der Waals surface area contributed by atoms with Gasteiger partial charge >= 0.3 is 0 Å². The van der Waals surface area contributed by atoms with Crippen LogP contribution in [0.25, 0.3) is 10.9 Å². The normalized spacial score (nSPS) is 14.5. The van der Waals surface area contributed by atoms with Gasteiger partial charge in [0.15, 0.2) is 0 Å². The van der Waals surface area contributed by atoms with Gasteiger partial charge in [0.2, 0.25) is 5.91 Å². The third-order valence-corrected chi connectivity index (χ3v) is 5.22. The van der Waals surface area contributed by atoms with Crippen LogP contribution in [0.5, 0.6) is 0 Å². The van der Waals surface area contributed by atoms with Crippen LogP contribution in [0.4, 0.5) is 11.4 Å². The first-order valence-corrected chi connectivity index (χ1v) is 9.75. The molecule has 0 unspecified atom stereocenters. The van der Waals surface area contributed by atoms with E-state index in [-0.39, 0.29) is 18.1 Å². The number of benzene rings is 2. The fourth-order valence-corrected chi connectivity index (χ4v) is 3.60. The first-order valence-electron chi connectivity index (χ1n) is 9.75. The lowest BCUT2D eigenvalue weighted by Crippen LogP contribution is -2.42. The number of nitrogens with zero attached hydrogens (tertiary/aromatic N) is 4. The van der Waals surface area contributed by atoms with Crippen LogP contribution in [0.1, 0.15) is 11.1 Å². The Kier molecular flexibility index (Phi) is 5.58. The Morgan fingerprint density at radius 1 is 1.23 bits per heavy atom. The number of aromatic nitrogens is 1. The van der Waals surface area contributed by atoms with Gasteiger partial charge in [-0.05, 0) is 24.6 Å². The number of nitro groups is 1. The summed E-state index contributed by atoms with van der Waals surface area (Å²) in [5, 5.41) is 11.9. The summed E-state index contributed by atoms with van der Waals surface area (Å²) in [6.45, 7) is 4.43. The van der Waals surface area contributed by atoms with E-state index in [1.807, 2.05) is 39.9 Å². The molecule has 1 amide bonds. The van der Waals surface area contributed by atoms with Gasteiger partial charge in [-0.3, -0.25) is 19.9 Å². The maximum absolute atomic E-state index is 12.7. The average Bonchev–Trinajstić information content (AvgIpc) is 3.11. The Labute approximate surface area is 173 Å². The average molecular weight is 406 g/mol. The summed E-state index contributed by atoms with van der Waals surface area (Å²) in [6, 6.07) is 12.5. The summed E-state index contributed by atoms with van der Waals surface area (Å²) in [5.41, 5.74) is 3.29. The molecule has 2 aromatic carbocycles. The second-order valence-corrected chi connectivity index (χ2v) is 7.21. The molecule has 0 bridgehead atoms. The minimum atomic E-state index is -0.417. The molecule has 3 aromatic rings. The van der Waals surface area contributed by atoms with Gasteiger partial charge in [0, 0.05) is 54.1 Å². The van der Waals surface area contributed by atoms with Crippen molar-refractivity contribution in [2.75, 3.05) is 26.3 Å². The van der Waals surface area contributed by atoms with E-state index in [9.17, 15) is 14.9 Å². The quantitative estimate of drug-likeness (QED) is 0.369. The molecule has 8 heteroatoms. The van der Waals surface area contributed by atoms with Crippen LogP contribution in [0.3, 0.4) is 0 Å². The predicted octanol–water partition coefficient (Wildman–Crippen LogP) is 3.47. The van der Waals surface area contributed by atoms with E-state index in [4.69, 9.17) is 4.74 Å². The Morgan fingerprint density at radius 2 is 2.00 bits per heavy atom. The molecule has 2 heterocycles. The van der Waals surface area contributed by atoms with Crippen molar-refractivity contribution in [2.24, 2.45) is 4.99 Å². The number of amides is 1. The van der Waals surface area contributed by atoms with E-state index in [0.717, 1.165) is 22.0 Å². The van der Waals surface area contributed by atoms with Crippen LogP contribution >= 0.6 is 0 Å². The van der Waals surface area contributed by atoms with E-state index < -0.39 is 4.92 Å². The molecule has 0 aliphatic carbocycles. The van der Waals surface area contributed by atoms with Gasteiger partial charge in [-0.25, -0.2) is 0 Å². The Morgan fingerprint density at radius 3 is 2.73 bits per heavy atom. The summed E-state index contributed by atoms with van der Waals surface area (Å²) in [7, 11) is 0. The molecule has 0 radical (unpaired) electrons. The van der Waals surface area contributed by atoms with Crippen molar-refractivity contribution in [3.8, 4) is 0 Å². The second kappa shape index (κ2) is 8.46. The minimum absolute atomic E-state index is 0.0460. The van der Waals surface area contributed by atoms with Crippen LogP contribution in [-0.4, -0.2) is 52.8 Å². The number of nitro benzene ring substituents is 1. The molecule has 8 nitrogen and oxygen atoms in total. The van der Waals surface area contributed by atoms with Crippen molar-refractivity contribution in [1.82, 2.24) is 9.47 Å². The number of fused-ring (bicyclic) bond motifs is 1. The van der Waals surface area contributed by atoms with Gasteiger partial charge < -0.3 is 14.2 Å². The van der Waals surface area contributed by atoms with Crippen LogP contribution in [-0.2, 0) is 16.1 Å². The molecule has 1 saturated heterocycles. The van der Waals surface area contributed by atoms with Crippen molar-refractivity contribution in [1.29, 1.82) is 0 Å². The standard InChI is InChI=1S/C22H22N4O4/c1-16-12-18(26(28)29)6-7-20(16)23-13-17-14-25(21-5-3-2-4-19(17)21)15-22(27)24-8-10-30-11-9-24/h2-7,12-14H,8-11,15H2,1H3. The first kappa shape index (κ1) is 19.8. The van der Waals surface area contributed by atoms with Gasteiger partial charge in [-0.15, -0.1) is 0 Å². The molecule has 1 fully saturated rings. The van der Waals surface area contributed by atoms with Crippen LogP contribution in [0, 0.1) is 17.0 Å². The van der Waals surface area contributed by atoms with Gasteiger partial charge in [0.05, 0.1) is 23.8 Å². The number of aliphatic imine (C=N–C) groups is 1. The number of carbonyl (C=O) groups excluding carboxylic acids is 1. The van der Waals surface area contributed by atoms with E-state index in [1.165, 1.54) is 12.1 Å². The zero-order valence-electron chi connectivity index (χ0n) is 16.7. The molecule has 30 heavy (non-hydrogen) atoms. The molecule has 0 atom stereocenters. The van der Waals surface area contributed by atoms with Crippen LogP contribution in [0.2, 0.25) is 0 Å². The lowest BCUT2D eigenvalue weighted by atomic mass is 10.1. The summed E-state index contributed by atoms with van der Waals surface area (Å²) < 4.78 is 7.26. The smallest absolute Gasteiger partial charge is 0.269 e. The van der Waals surface area contributed by atoms with E-state index in [2.05, 4.69) is 4.99 Å². The Bertz CT molecular complexity index is 1130. The molecule has 1 aliphatic rings. The molecular weight excluding hydrogens is 384 g/mol. The van der Waals surface area contributed by atoms with Crippen molar-refractivity contribution in [3.63, 3.8) is 0 Å². The molecule has 1 aliphatic heterocycles. The highest BCUT2D eigenvalue weighted by Gasteiger charge is 2.18. The van der Waals surface area contributed by atoms with Crippen molar-refractivity contribution < 1.29 is 14.5 Å². The number of carbonyl (C=O) groups is 1. The molecular formula is C22H22N4O4. The van der Waals surface area contributed by atoms with Gasteiger partial charge in [-0.1, -0.05) is 18.2 Å². The van der Waals surface area contributed by atoms with E-state index in [0.29, 0.717) is 32.0 Å². The molecule has 0 saturated carbocycles. The van der Waals surface area contributed by atoms with Crippen molar-refractivity contribution >= 4 is 34.4 Å². The fraction of sp³-hybridized carbons (Fsp3) is 0.273. The number of ether oxygens (including phenoxy) is 1. The molecule has 154 valence electrons. The number of morpholine rings is 1. The maximum atomic E-state index is 12.7. The number of para-hydroxylation sites is 1. The summed E-state index contributed by atoms with van der Waals surface area (Å²) >= 11 is 0. The van der Waals surface area contributed by atoms with Crippen molar-refractivity contribution in [2.45, 2.75) is 13.5 Å². The van der Waals surface area contributed by atoms with Gasteiger partial charge in [0.1, 0.15) is 6.54 Å². The predicted molar refractivity (Wildman–Crippen MR) is 114 cm³/mol. The third kappa shape index (κ3) is 4.08. The number of hydrogen-bond donors (Lipinski definition) is 0. The lowest BCUT2D eigenvalue weighted by Gasteiger charge is -2.27. The van der Waals surface area contributed by atoms with Crippen LogP contribution in [0.15, 0.2) is 53.7 Å². The van der Waals surface area contributed by atoms with Gasteiger partial charge in [0.25, 0.3) is 5.69 Å². The minimum Gasteiger partial charge on any atom is -0.378 e. The Hall–Kier alpha value is -3.52. The molecule has 0 N–H and O–H groups in total. The summed E-state index contributed by atoms with van der Waals surface area (Å²) in [5.74, 6) is 0.0637. The summed E-state index contributed by atoms with van der Waals surface area (Å²) in [6.07, 6.45) is 3.67. The lowest BCUT2D eigenvalue weighted by molar-refractivity contribution is -0.384. The van der Waals surface area contributed by atoms with E-state index in [1.54, 1.807) is 19.2 Å². The second-order valence-electron chi connectivity index (χ2n) is 7.21. The van der Waals surface area contributed by atoms with Crippen molar-refractivity contribution in [3.05, 3.63) is 69.9 Å². The highest BCUT2D eigenvalue weighted by atomic mass is 16.6. The zero-order valence-corrected chi connectivity index (χ0v) is 16.7. The number of hydrogen-bond acceptors (Lipinski definition) is 5. The topological polar surface area (TPSA) is 90.0 Å². The van der Waals surface area contributed by atoms with Gasteiger partial charge in [-0.2, -0.15) is 0 Å². The monoisotopic (exact) mass is 406 g/mol. The molecule has 1 aromatic heterocycles. The molecule has 4 rings (SSSR count). The number of aryl methyl sites for hydroxylation is 1. The summed E-state index contributed by atoms with van der Waals surface area (Å²) in [4.78, 5) is 29.6. The SMILES string of the molecule is Cc1cc([N+](=O)[O-])ccc1N=Cc1cn(CC(=O)N2CCOCC2)c2ccccc12. The Balaban J connectivity index is 1.61. The zero-order chi connectivity index (χ0) is 21.1. The fourth-order valence-electron chi connectivity index (χ4n) is 3.60. The van der Waals surface area contributed by atoms with E-state index >= 15 is 0 Å². The number of rotatable bonds is 5. The third-order valence-electron chi connectivity index (χ3n) is 5.22. The highest BCUT2D eigenvalue weighted by Crippen LogP contribution is 2.25.